The summed E-state index contributed by atoms with van der Waals surface area (Å²) in [6.07, 6.45) is 0.783. The molecule has 0 saturated carbocycles. The van der Waals surface area contributed by atoms with Crippen molar-refractivity contribution in [1.29, 1.82) is 0 Å². The van der Waals surface area contributed by atoms with Crippen LogP contribution in [0.1, 0.15) is 18.9 Å². The second-order valence-electron chi connectivity index (χ2n) is 3.76. The van der Waals surface area contributed by atoms with Crippen molar-refractivity contribution >= 4 is 33.2 Å². The highest BCUT2D eigenvalue weighted by Gasteiger charge is 2.25. The summed E-state index contributed by atoms with van der Waals surface area (Å²) in [4.78, 5) is 11.6. The molecule has 3 nitrogen and oxygen atoms in total. The molecular weight excluding hydrogens is 256 g/mol. The number of rotatable bonds is 1. The molecule has 1 unspecified atom stereocenters. The van der Waals surface area contributed by atoms with Crippen molar-refractivity contribution in [3.8, 4) is 0 Å². The van der Waals surface area contributed by atoms with Gasteiger partial charge in [0.05, 0.1) is 11.4 Å². The molecule has 0 aromatic heterocycles. The van der Waals surface area contributed by atoms with Crippen LogP contribution in [0.15, 0.2) is 16.6 Å². The van der Waals surface area contributed by atoms with Crippen LogP contribution in [0.4, 0.5) is 11.4 Å². The van der Waals surface area contributed by atoms with Gasteiger partial charge in [-0.1, -0.05) is 6.92 Å². The molecule has 1 atom stereocenters. The van der Waals surface area contributed by atoms with Crippen molar-refractivity contribution in [2.45, 2.75) is 26.3 Å². The summed E-state index contributed by atoms with van der Waals surface area (Å²) < 4.78 is 0.996. The Kier molecular flexibility index (Phi) is 2.69. The second kappa shape index (κ2) is 3.85. The molecule has 1 aromatic carbocycles. The molecule has 0 bridgehead atoms. The van der Waals surface area contributed by atoms with Crippen molar-refractivity contribution in [2.75, 3.05) is 10.6 Å². The molecule has 80 valence electrons. The first-order valence-electron chi connectivity index (χ1n) is 4.99. The lowest BCUT2D eigenvalue weighted by molar-refractivity contribution is -0.117. The van der Waals surface area contributed by atoms with Gasteiger partial charge in [-0.15, -0.1) is 0 Å². The zero-order valence-electron chi connectivity index (χ0n) is 8.73. The molecule has 4 heteroatoms. The quantitative estimate of drug-likeness (QED) is 0.823. The number of nitrogens with one attached hydrogen (secondary N) is 2. The third kappa shape index (κ3) is 1.86. The highest BCUT2D eigenvalue weighted by atomic mass is 79.9. The summed E-state index contributed by atoms with van der Waals surface area (Å²) in [5, 5.41) is 6.14. The summed E-state index contributed by atoms with van der Waals surface area (Å²) in [5.74, 6) is 0.0440. The molecule has 0 saturated heterocycles. The monoisotopic (exact) mass is 268 g/mol. The van der Waals surface area contributed by atoms with Gasteiger partial charge in [0.1, 0.15) is 6.04 Å². The normalized spacial score (nSPS) is 19.1. The molecule has 0 fully saturated rings. The lowest BCUT2D eigenvalue weighted by Gasteiger charge is -2.27. The molecule has 2 rings (SSSR count). The molecule has 0 radical (unpaired) electrons. The molecule has 1 aliphatic rings. The van der Waals surface area contributed by atoms with E-state index in [0.717, 1.165) is 27.8 Å². The predicted octanol–water partition coefficient (Wildman–Crippen LogP) is 2.90. The van der Waals surface area contributed by atoms with E-state index in [9.17, 15) is 4.79 Å². The Morgan fingerprint density at radius 1 is 1.47 bits per heavy atom. The predicted molar refractivity (Wildman–Crippen MR) is 65.2 cm³/mol. The van der Waals surface area contributed by atoms with Crippen molar-refractivity contribution in [3.63, 3.8) is 0 Å². The lowest BCUT2D eigenvalue weighted by Crippen LogP contribution is -2.38. The van der Waals surface area contributed by atoms with Crippen molar-refractivity contribution < 1.29 is 4.79 Å². The Balaban J connectivity index is 2.45. The average Bonchev–Trinajstić information content (AvgIpc) is 2.16. The van der Waals surface area contributed by atoms with Gasteiger partial charge in [0, 0.05) is 4.47 Å². The number of carbonyl (C=O) groups is 1. The van der Waals surface area contributed by atoms with Crippen LogP contribution in [0.5, 0.6) is 0 Å². The first-order valence-corrected chi connectivity index (χ1v) is 5.78. The van der Waals surface area contributed by atoms with Crippen LogP contribution in [0.3, 0.4) is 0 Å². The number of aryl methyl sites for hydroxylation is 1. The summed E-state index contributed by atoms with van der Waals surface area (Å²) in [6.45, 7) is 3.99. The first-order chi connectivity index (χ1) is 7.11. The van der Waals surface area contributed by atoms with E-state index in [-0.39, 0.29) is 11.9 Å². The van der Waals surface area contributed by atoms with Crippen LogP contribution in [0.25, 0.3) is 0 Å². The minimum Gasteiger partial charge on any atom is -0.371 e. The van der Waals surface area contributed by atoms with Crippen LogP contribution >= 0.6 is 15.9 Å². The standard InChI is InChI=1S/C11H13BrN2O/c1-3-8-11(15)14-9-5-6(2)4-7(12)10(9)13-8/h4-5,8,13H,3H2,1-2H3,(H,14,15). The van der Waals surface area contributed by atoms with Gasteiger partial charge in [0.2, 0.25) is 5.91 Å². The van der Waals surface area contributed by atoms with Crippen molar-refractivity contribution in [3.05, 3.63) is 22.2 Å². The molecule has 2 N–H and O–H groups in total. The fraction of sp³-hybridized carbons (Fsp3) is 0.364. The van der Waals surface area contributed by atoms with E-state index in [1.54, 1.807) is 0 Å². The first kappa shape index (κ1) is 10.5. The Hall–Kier alpha value is -1.03. The van der Waals surface area contributed by atoms with Crippen LogP contribution in [-0.4, -0.2) is 11.9 Å². The fourth-order valence-electron chi connectivity index (χ4n) is 1.73. The third-order valence-corrected chi connectivity index (χ3v) is 3.16. The minimum atomic E-state index is -0.128. The molecule has 0 aliphatic carbocycles. The number of hydrogen-bond acceptors (Lipinski definition) is 2. The van der Waals surface area contributed by atoms with Crippen molar-refractivity contribution in [1.82, 2.24) is 0 Å². The van der Waals surface area contributed by atoms with Crippen molar-refractivity contribution in [2.24, 2.45) is 0 Å². The second-order valence-corrected chi connectivity index (χ2v) is 4.62. The van der Waals surface area contributed by atoms with Gasteiger partial charge in [0.15, 0.2) is 0 Å². The number of carbonyl (C=O) groups excluding carboxylic acids is 1. The number of anilines is 2. The van der Waals surface area contributed by atoms with Crippen LogP contribution < -0.4 is 10.6 Å². The summed E-state index contributed by atoms with van der Waals surface area (Å²) in [6, 6.07) is 3.88. The highest BCUT2D eigenvalue weighted by Crippen LogP contribution is 2.35. The van der Waals surface area contributed by atoms with Crippen LogP contribution in [0.2, 0.25) is 0 Å². The highest BCUT2D eigenvalue weighted by molar-refractivity contribution is 9.10. The number of amides is 1. The zero-order chi connectivity index (χ0) is 11.0. The van der Waals surface area contributed by atoms with E-state index in [0.29, 0.717) is 0 Å². The molecule has 1 aliphatic heterocycles. The maximum Gasteiger partial charge on any atom is 0.246 e. The number of halogens is 1. The zero-order valence-corrected chi connectivity index (χ0v) is 10.3. The summed E-state index contributed by atoms with van der Waals surface area (Å²) >= 11 is 3.50. The SMILES string of the molecule is CCC1Nc2c(Br)cc(C)cc2NC1=O. The van der Waals surface area contributed by atoms with Crippen LogP contribution in [-0.2, 0) is 4.79 Å². The molecule has 1 heterocycles. The fourth-order valence-corrected chi connectivity index (χ4v) is 2.42. The van der Waals surface area contributed by atoms with Gasteiger partial charge >= 0.3 is 0 Å². The molecule has 0 spiro atoms. The van der Waals surface area contributed by atoms with Gasteiger partial charge in [0.25, 0.3) is 0 Å². The largest absolute Gasteiger partial charge is 0.371 e. The maximum atomic E-state index is 11.6. The molecule has 15 heavy (non-hydrogen) atoms. The van der Waals surface area contributed by atoms with E-state index in [1.807, 2.05) is 26.0 Å². The van der Waals surface area contributed by atoms with E-state index in [2.05, 4.69) is 26.6 Å². The van der Waals surface area contributed by atoms with Gasteiger partial charge in [-0.2, -0.15) is 0 Å². The molecular formula is C11H13BrN2O. The smallest absolute Gasteiger partial charge is 0.246 e. The Labute approximate surface area is 97.4 Å². The third-order valence-electron chi connectivity index (χ3n) is 2.54. The molecule has 1 amide bonds. The van der Waals surface area contributed by atoms with Gasteiger partial charge in [-0.3, -0.25) is 4.79 Å². The number of fused-ring (bicyclic) bond motifs is 1. The lowest BCUT2D eigenvalue weighted by atomic mass is 10.1. The molecule has 1 aromatic rings. The Morgan fingerprint density at radius 3 is 2.87 bits per heavy atom. The number of hydrogen-bond donors (Lipinski definition) is 2. The van der Waals surface area contributed by atoms with E-state index >= 15 is 0 Å². The van der Waals surface area contributed by atoms with Gasteiger partial charge < -0.3 is 10.6 Å². The topological polar surface area (TPSA) is 41.1 Å². The van der Waals surface area contributed by atoms with Crippen LogP contribution in [0, 0.1) is 6.92 Å². The van der Waals surface area contributed by atoms with Gasteiger partial charge in [-0.25, -0.2) is 0 Å². The number of benzene rings is 1. The Bertz CT molecular complexity index is 417. The maximum absolute atomic E-state index is 11.6. The van der Waals surface area contributed by atoms with E-state index < -0.39 is 0 Å². The van der Waals surface area contributed by atoms with E-state index in [1.165, 1.54) is 0 Å². The summed E-state index contributed by atoms with van der Waals surface area (Å²) in [7, 11) is 0. The summed E-state index contributed by atoms with van der Waals surface area (Å²) in [5.41, 5.74) is 2.96. The Morgan fingerprint density at radius 2 is 2.20 bits per heavy atom. The van der Waals surface area contributed by atoms with Gasteiger partial charge in [-0.05, 0) is 47.0 Å². The van der Waals surface area contributed by atoms with E-state index in [4.69, 9.17) is 0 Å². The minimum absolute atomic E-state index is 0.0440. The average molecular weight is 269 g/mol.